The highest BCUT2D eigenvalue weighted by Gasteiger charge is 2.09. The predicted octanol–water partition coefficient (Wildman–Crippen LogP) is 2.53. The number of imidazole rings is 1. The third-order valence-electron chi connectivity index (χ3n) is 2.45. The number of carbonyl (C=O) groups excluding carboxylic acids is 2. The molecule has 0 aliphatic carbocycles. The molecular weight excluding hydrogens is 258 g/mol. The first kappa shape index (κ1) is 13.8. The Morgan fingerprint density at radius 2 is 1.95 bits per heavy atom. The fourth-order valence-electron chi connectivity index (χ4n) is 1.54. The van der Waals surface area contributed by atoms with Crippen molar-refractivity contribution in [3.8, 4) is 0 Å². The minimum atomic E-state index is -0.382. The van der Waals surface area contributed by atoms with Crippen molar-refractivity contribution < 1.29 is 14.3 Å². The predicted molar refractivity (Wildman–Crippen MR) is 73.6 cm³/mol. The molecule has 0 bridgehead atoms. The second-order valence-corrected chi connectivity index (χ2v) is 4.43. The largest absolute Gasteiger partial charge is 0.459 e. The number of hydrogen-bond acceptors (Lipinski definition) is 4. The second-order valence-electron chi connectivity index (χ2n) is 4.43. The molecule has 1 amide bonds. The summed E-state index contributed by atoms with van der Waals surface area (Å²) in [6.45, 7) is 3.58. The highest BCUT2D eigenvalue weighted by atomic mass is 16.5. The van der Waals surface area contributed by atoms with Crippen LogP contribution in [-0.4, -0.2) is 27.7 Å². The van der Waals surface area contributed by atoms with Crippen LogP contribution in [0.3, 0.4) is 0 Å². The van der Waals surface area contributed by atoms with Gasteiger partial charge in [-0.15, -0.1) is 0 Å². The number of aromatic nitrogens is 2. The zero-order valence-electron chi connectivity index (χ0n) is 11.2. The van der Waals surface area contributed by atoms with E-state index in [9.17, 15) is 9.59 Å². The maximum Gasteiger partial charge on any atom is 0.338 e. The molecule has 20 heavy (non-hydrogen) atoms. The Balaban J connectivity index is 2.01. The van der Waals surface area contributed by atoms with Gasteiger partial charge < -0.3 is 10.1 Å². The summed E-state index contributed by atoms with van der Waals surface area (Å²) >= 11 is 0. The van der Waals surface area contributed by atoms with Crippen LogP contribution < -0.4 is 5.32 Å². The zero-order valence-corrected chi connectivity index (χ0v) is 11.2. The van der Waals surface area contributed by atoms with E-state index in [1.54, 1.807) is 44.3 Å². The van der Waals surface area contributed by atoms with E-state index < -0.39 is 0 Å². The van der Waals surface area contributed by atoms with Crippen LogP contribution in [0.1, 0.15) is 24.2 Å². The number of nitrogens with one attached hydrogen (secondary N) is 1. The fourth-order valence-corrected chi connectivity index (χ4v) is 1.54. The first-order valence-electron chi connectivity index (χ1n) is 6.16. The van der Waals surface area contributed by atoms with E-state index >= 15 is 0 Å². The Kier molecular flexibility index (Phi) is 4.14. The molecule has 0 saturated carbocycles. The van der Waals surface area contributed by atoms with Gasteiger partial charge in [-0.3, -0.25) is 4.57 Å². The molecule has 6 heteroatoms. The van der Waals surface area contributed by atoms with E-state index in [0.29, 0.717) is 11.3 Å². The lowest BCUT2D eigenvalue weighted by Crippen LogP contribution is -2.17. The minimum Gasteiger partial charge on any atom is -0.459 e. The van der Waals surface area contributed by atoms with Crippen molar-refractivity contribution in [3.05, 3.63) is 48.5 Å². The van der Waals surface area contributed by atoms with Gasteiger partial charge in [0.25, 0.3) is 0 Å². The van der Waals surface area contributed by atoms with Gasteiger partial charge in [-0.2, -0.15) is 0 Å². The van der Waals surface area contributed by atoms with Crippen LogP contribution in [-0.2, 0) is 4.74 Å². The lowest BCUT2D eigenvalue weighted by atomic mass is 10.2. The molecule has 0 atom stereocenters. The summed E-state index contributed by atoms with van der Waals surface area (Å²) in [4.78, 5) is 27.2. The van der Waals surface area contributed by atoms with Crippen molar-refractivity contribution in [1.29, 1.82) is 0 Å². The third-order valence-corrected chi connectivity index (χ3v) is 2.45. The molecule has 104 valence electrons. The van der Waals surface area contributed by atoms with E-state index in [0.717, 1.165) is 0 Å². The van der Waals surface area contributed by atoms with Gasteiger partial charge in [0.05, 0.1) is 11.7 Å². The maximum atomic E-state index is 11.8. The van der Waals surface area contributed by atoms with Gasteiger partial charge in [0.1, 0.15) is 6.33 Å². The van der Waals surface area contributed by atoms with Crippen molar-refractivity contribution in [2.24, 2.45) is 0 Å². The molecule has 6 nitrogen and oxygen atoms in total. The molecule has 1 aromatic heterocycles. The quantitative estimate of drug-likeness (QED) is 0.872. The van der Waals surface area contributed by atoms with Crippen LogP contribution >= 0.6 is 0 Å². The molecule has 2 aromatic rings. The Bertz CT molecular complexity index is 589. The summed E-state index contributed by atoms with van der Waals surface area (Å²) < 4.78 is 6.40. The molecule has 0 radical (unpaired) electrons. The SMILES string of the molecule is CC(C)OC(=O)c1ccc(NC(=O)n2ccnc2)cc1. The highest BCUT2D eigenvalue weighted by molar-refractivity contribution is 5.93. The topological polar surface area (TPSA) is 73.2 Å². The van der Waals surface area contributed by atoms with Crippen LogP contribution in [0, 0.1) is 0 Å². The number of benzene rings is 1. The number of esters is 1. The minimum absolute atomic E-state index is 0.164. The van der Waals surface area contributed by atoms with E-state index in [2.05, 4.69) is 10.3 Å². The Morgan fingerprint density at radius 3 is 2.50 bits per heavy atom. The molecule has 0 aliphatic heterocycles. The van der Waals surface area contributed by atoms with Gasteiger partial charge in [-0.1, -0.05) is 0 Å². The Hall–Kier alpha value is -2.63. The van der Waals surface area contributed by atoms with Gasteiger partial charge in [0.15, 0.2) is 0 Å². The molecule has 0 aliphatic rings. The number of carbonyl (C=O) groups is 2. The third kappa shape index (κ3) is 3.44. The average molecular weight is 273 g/mol. The van der Waals surface area contributed by atoms with E-state index in [1.165, 1.54) is 17.1 Å². The van der Waals surface area contributed by atoms with Crippen molar-refractivity contribution >= 4 is 17.7 Å². The molecule has 0 saturated heterocycles. The summed E-state index contributed by atoms with van der Waals surface area (Å²) in [7, 11) is 0. The van der Waals surface area contributed by atoms with Crippen LogP contribution in [0.25, 0.3) is 0 Å². The number of ether oxygens (including phenoxy) is 1. The van der Waals surface area contributed by atoms with Crippen LogP contribution in [0.2, 0.25) is 0 Å². The summed E-state index contributed by atoms with van der Waals surface area (Å²) in [5.41, 5.74) is 1.03. The van der Waals surface area contributed by atoms with E-state index in [4.69, 9.17) is 4.74 Å². The van der Waals surface area contributed by atoms with Crippen LogP contribution in [0.15, 0.2) is 43.0 Å². The molecular formula is C14H15N3O3. The molecule has 0 unspecified atom stereocenters. The number of amides is 1. The van der Waals surface area contributed by atoms with Gasteiger partial charge >= 0.3 is 12.0 Å². The lowest BCUT2D eigenvalue weighted by Gasteiger charge is -2.09. The van der Waals surface area contributed by atoms with Gasteiger partial charge in [0, 0.05) is 18.1 Å². The van der Waals surface area contributed by atoms with E-state index in [1.807, 2.05) is 0 Å². The summed E-state index contributed by atoms with van der Waals surface area (Å²) in [6, 6.07) is 6.18. The first-order valence-corrected chi connectivity index (χ1v) is 6.16. The Labute approximate surface area is 116 Å². The molecule has 1 heterocycles. The van der Waals surface area contributed by atoms with Crippen molar-refractivity contribution in [2.75, 3.05) is 5.32 Å². The summed E-state index contributed by atoms with van der Waals surface area (Å²) in [5.74, 6) is -0.382. The van der Waals surface area contributed by atoms with Crippen molar-refractivity contribution in [3.63, 3.8) is 0 Å². The van der Waals surface area contributed by atoms with Crippen molar-refractivity contribution in [1.82, 2.24) is 9.55 Å². The maximum absolute atomic E-state index is 11.8. The molecule has 2 rings (SSSR count). The number of rotatable bonds is 3. The zero-order chi connectivity index (χ0) is 14.5. The Morgan fingerprint density at radius 1 is 1.25 bits per heavy atom. The molecule has 0 fully saturated rings. The number of hydrogen-bond donors (Lipinski definition) is 1. The van der Waals surface area contributed by atoms with E-state index in [-0.39, 0.29) is 18.1 Å². The first-order chi connectivity index (χ1) is 9.56. The van der Waals surface area contributed by atoms with Gasteiger partial charge in [-0.05, 0) is 38.1 Å². The smallest absolute Gasteiger partial charge is 0.338 e. The van der Waals surface area contributed by atoms with Gasteiger partial charge in [0.2, 0.25) is 0 Å². The van der Waals surface area contributed by atoms with Crippen molar-refractivity contribution in [2.45, 2.75) is 20.0 Å². The standard InChI is InChI=1S/C14H15N3O3/c1-10(2)20-13(18)11-3-5-12(6-4-11)16-14(19)17-8-7-15-9-17/h3-10H,1-2H3,(H,16,19). The van der Waals surface area contributed by atoms with Crippen LogP contribution in [0.4, 0.5) is 10.5 Å². The highest BCUT2D eigenvalue weighted by Crippen LogP contribution is 2.11. The summed E-state index contributed by atoms with van der Waals surface area (Å²) in [5, 5.41) is 2.68. The average Bonchev–Trinajstić information content (AvgIpc) is 2.92. The molecule has 1 N–H and O–H groups in total. The summed E-state index contributed by atoms with van der Waals surface area (Å²) in [6.07, 6.45) is 4.31. The monoisotopic (exact) mass is 273 g/mol. The molecule has 0 spiro atoms. The number of anilines is 1. The lowest BCUT2D eigenvalue weighted by molar-refractivity contribution is 0.0378. The molecule has 1 aromatic carbocycles. The number of nitrogens with zero attached hydrogens (tertiary/aromatic N) is 2. The van der Waals surface area contributed by atoms with Gasteiger partial charge in [-0.25, -0.2) is 14.6 Å². The van der Waals surface area contributed by atoms with Crippen LogP contribution in [0.5, 0.6) is 0 Å². The fraction of sp³-hybridized carbons (Fsp3) is 0.214. The normalized spacial score (nSPS) is 10.3. The second kappa shape index (κ2) is 6.01.